The monoisotopic (exact) mass is 498 g/mol. The largest absolute Gasteiger partial charge is 0.497 e. The van der Waals surface area contributed by atoms with Crippen LogP contribution in [-0.4, -0.2) is 48.2 Å². The molecule has 0 radical (unpaired) electrons. The van der Waals surface area contributed by atoms with Crippen LogP contribution in [0.2, 0.25) is 0 Å². The predicted molar refractivity (Wildman–Crippen MR) is 134 cm³/mol. The second kappa shape index (κ2) is 12.2. The van der Waals surface area contributed by atoms with Crippen molar-refractivity contribution < 1.29 is 27.4 Å². The summed E-state index contributed by atoms with van der Waals surface area (Å²) in [6.45, 7) is 0.356. The molecule has 2 N–H and O–H groups in total. The summed E-state index contributed by atoms with van der Waals surface area (Å²) in [6, 6.07) is 20.1. The van der Waals surface area contributed by atoms with Gasteiger partial charge in [-0.15, -0.1) is 0 Å². The fourth-order valence-electron chi connectivity index (χ4n) is 3.52. The highest BCUT2D eigenvalue weighted by Gasteiger charge is 2.27. The molecular formula is C26H30N2O6S. The van der Waals surface area contributed by atoms with Crippen LogP contribution in [0.4, 0.5) is 0 Å². The number of hydrogen-bond acceptors (Lipinski definition) is 6. The topological polar surface area (TPSA) is 103 Å². The lowest BCUT2D eigenvalue weighted by atomic mass is 10.1. The van der Waals surface area contributed by atoms with Crippen molar-refractivity contribution >= 4 is 15.9 Å². The van der Waals surface area contributed by atoms with E-state index in [1.54, 1.807) is 7.11 Å². The van der Waals surface area contributed by atoms with E-state index in [1.807, 2.05) is 54.6 Å². The number of ether oxygens (including phenoxy) is 3. The van der Waals surface area contributed by atoms with Crippen molar-refractivity contribution in [3.63, 3.8) is 0 Å². The predicted octanol–water partition coefficient (Wildman–Crippen LogP) is 2.96. The van der Waals surface area contributed by atoms with E-state index in [2.05, 4.69) is 10.0 Å². The molecule has 9 heteroatoms. The molecule has 0 saturated carbocycles. The first-order valence-electron chi connectivity index (χ1n) is 11.0. The number of hydrogen-bond donors (Lipinski definition) is 2. The van der Waals surface area contributed by atoms with Crippen LogP contribution in [0.15, 0.2) is 77.7 Å². The smallest absolute Gasteiger partial charge is 0.241 e. The third kappa shape index (κ3) is 7.21. The third-order valence-corrected chi connectivity index (χ3v) is 6.90. The van der Waals surface area contributed by atoms with Crippen LogP contribution in [0.25, 0.3) is 0 Å². The maximum absolute atomic E-state index is 13.2. The summed E-state index contributed by atoms with van der Waals surface area (Å²) in [5.74, 6) is 1.03. The molecule has 186 valence electrons. The molecule has 0 spiro atoms. The standard InChI is InChI=1S/C26H30N2O6S/c1-32-21-11-9-19(10-12-21)15-16-27-26(29)23(17-20-7-5-4-6-8-20)28-35(30,31)22-13-14-24(33-2)25(18-22)34-3/h4-14,18,23,28H,15-17H2,1-3H3,(H,27,29)/t23-/m0/s1. The minimum atomic E-state index is -4.03. The van der Waals surface area contributed by atoms with Gasteiger partial charge in [-0.1, -0.05) is 42.5 Å². The van der Waals surface area contributed by atoms with E-state index in [0.717, 1.165) is 16.9 Å². The zero-order valence-electron chi connectivity index (χ0n) is 20.0. The highest BCUT2D eigenvalue weighted by molar-refractivity contribution is 7.89. The van der Waals surface area contributed by atoms with Crippen molar-refractivity contribution in [3.8, 4) is 17.2 Å². The van der Waals surface area contributed by atoms with Gasteiger partial charge in [0.25, 0.3) is 0 Å². The Morgan fingerprint density at radius 3 is 2.14 bits per heavy atom. The fraction of sp³-hybridized carbons (Fsp3) is 0.269. The number of carbonyl (C=O) groups is 1. The number of nitrogens with one attached hydrogen (secondary N) is 2. The first kappa shape index (κ1) is 26.1. The van der Waals surface area contributed by atoms with Crippen LogP contribution in [0.1, 0.15) is 11.1 Å². The summed E-state index contributed by atoms with van der Waals surface area (Å²) >= 11 is 0. The molecule has 1 amide bonds. The minimum absolute atomic E-state index is 0.0285. The molecular weight excluding hydrogens is 468 g/mol. The zero-order valence-corrected chi connectivity index (χ0v) is 20.8. The first-order valence-corrected chi connectivity index (χ1v) is 12.5. The Hall–Kier alpha value is -3.56. The number of rotatable bonds is 12. The van der Waals surface area contributed by atoms with Gasteiger partial charge in [-0.25, -0.2) is 8.42 Å². The Bertz CT molecular complexity index is 1210. The van der Waals surface area contributed by atoms with Gasteiger partial charge >= 0.3 is 0 Å². The highest BCUT2D eigenvalue weighted by Crippen LogP contribution is 2.29. The summed E-state index contributed by atoms with van der Waals surface area (Å²) in [6.07, 6.45) is 0.790. The molecule has 0 fully saturated rings. The number of methoxy groups -OCH3 is 3. The van der Waals surface area contributed by atoms with Crippen LogP contribution in [-0.2, 0) is 27.7 Å². The van der Waals surface area contributed by atoms with Crippen LogP contribution in [0.3, 0.4) is 0 Å². The lowest BCUT2D eigenvalue weighted by Crippen LogP contribution is -2.48. The molecule has 1 atom stereocenters. The van der Waals surface area contributed by atoms with Crippen LogP contribution >= 0.6 is 0 Å². The van der Waals surface area contributed by atoms with Gasteiger partial charge in [0.05, 0.1) is 26.2 Å². The summed E-state index contributed by atoms with van der Waals surface area (Å²) in [4.78, 5) is 13.0. The van der Waals surface area contributed by atoms with E-state index in [-0.39, 0.29) is 17.1 Å². The van der Waals surface area contributed by atoms with E-state index in [0.29, 0.717) is 18.7 Å². The van der Waals surface area contributed by atoms with Crippen LogP contribution in [0.5, 0.6) is 17.2 Å². The van der Waals surface area contributed by atoms with Crippen molar-refractivity contribution in [2.45, 2.75) is 23.8 Å². The van der Waals surface area contributed by atoms with Crippen molar-refractivity contribution in [3.05, 3.63) is 83.9 Å². The average Bonchev–Trinajstić information content (AvgIpc) is 2.88. The van der Waals surface area contributed by atoms with Gasteiger partial charge < -0.3 is 19.5 Å². The molecule has 0 heterocycles. The van der Waals surface area contributed by atoms with E-state index in [1.165, 1.54) is 32.4 Å². The molecule has 0 aliphatic carbocycles. The summed E-state index contributed by atoms with van der Waals surface area (Å²) in [5, 5.41) is 2.85. The highest BCUT2D eigenvalue weighted by atomic mass is 32.2. The molecule has 0 saturated heterocycles. The van der Waals surface area contributed by atoms with Crippen LogP contribution < -0.4 is 24.2 Å². The molecule has 0 aliphatic rings. The van der Waals surface area contributed by atoms with Gasteiger partial charge in [0, 0.05) is 12.6 Å². The quantitative estimate of drug-likeness (QED) is 0.398. The zero-order chi connectivity index (χ0) is 25.3. The Morgan fingerprint density at radius 2 is 1.51 bits per heavy atom. The SMILES string of the molecule is COc1ccc(CCNC(=O)[C@H](Cc2ccccc2)NS(=O)(=O)c2ccc(OC)c(OC)c2)cc1. The van der Waals surface area contributed by atoms with Gasteiger partial charge in [0.2, 0.25) is 15.9 Å². The Labute approximate surface area is 206 Å². The van der Waals surface area contributed by atoms with Gasteiger partial charge in [0.1, 0.15) is 11.8 Å². The first-order chi connectivity index (χ1) is 16.9. The number of carbonyl (C=O) groups excluding carboxylic acids is 1. The summed E-state index contributed by atoms with van der Waals surface area (Å²) in [5.41, 5.74) is 1.86. The lowest BCUT2D eigenvalue weighted by molar-refractivity contribution is -0.122. The van der Waals surface area contributed by atoms with Crippen molar-refractivity contribution in [2.75, 3.05) is 27.9 Å². The second-order valence-electron chi connectivity index (χ2n) is 7.77. The second-order valence-corrected chi connectivity index (χ2v) is 9.48. The van der Waals surface area contributed by atoms with E-state index < -0.39 is 22.0 Å². The normalized spacial score (nSPS) is 12.0. The number of amides is 1. The Morgan fingerprint density at radius 1 is 0.829 bits per heavy atom. The Kier molecular flexibility index (Phi) is 9.11. The molecule has 0 aliphatic heterocycles. The minimum Gasteiger partial charge on any atom is -0.497 e. The molecule has 35 heavy (non-hydrogen) atoms. The van der Waals surface area contributed by atoms with Gasteiger partial charge in [-0.2, -0.15) is 4.72 Å². The molecule has 0 unspecified atom stereocenters. The summed E-state index contributed by atoms with van der Waals surface area (Å²) < 4.78 is 44.5. The van der Waals surface area contributed by atoms with Crippen molar-refractivity contribution in [2.24, 2.45) is 0 Å². The fourth-order valence-corrected chi connectivity index (χ4v) is 4.73. The van der Waals surface area contributed by atoms with Crippen molar-refractivity contribution in [1.82, 2.24) is 10.0 Å². The van der Waals surface area contributed by atoms with E-state index >= 15 is 0 Å². The van der Waals surface area contributed by atoms with E-state index in [4.69, 9.17) is 14.2 Å². The van der Waals surface area contributed by atoms with Gasteiger partial charge in [-0.05, 0) is 48.2 Å². The third-order valence-electron chi connectivity index (χ3n) is 5.43. The molecule has 0 aromatic heterocycles. The maximum atomic E-state index is 13.2. The maximum Gasteiger partial charge on any atom is 0.241 e. The number of benzene rings is 3. The molecule has 0 bridgehead atoms. The Balaban J connectivity index is 1.75. The van der Waals surface area contributed by atoms with Gasteiger partial charge in [0.15, 0.2) is 11.5 Å². The molecule has 8 nitrogen and oxygen atoms in total. The van der Waals surface area contributed by atoms with Gasteiger partial charge in [-0.3, -0.25) is 4.79 Å². The molecule has 3 rings (SSSR count). The molecule has 3 aromatic carbocycles. The molecule has 3 aromatic rings. The summed E-state index contributed by atoms with van der Waals surface area (Å²) in [7, 11) is 0.470. The van der Waals surface area contributed by atoms with E-state index in [9.17, 15) is 13.2 Å². The van der Waals surface area contributed by atoms with Crippen LogP contribution in [0, 0.1) is 0 Å². The number of sulfonamides is 1. The average molecular weight is 499 g/mol. The lowest BCUT2D eigenvalue weighted by Gasteiger charge is -2.19. The van der Waals surface area contributed by atoms with Crippen molar-refractivity contribution in [1.29, 1.82) is 0 Å².